The quantitative estimate of drug-likeness (QED) is 0.870. The molecule has 0 spiro atoms. The van der Waals surface area contributed by atoms with Crippen molar-refractivity contribution in [2.24, 2.45) is 5.73 Å². The van der Waals surface area contributed by atoms with Crippen LogP contribution in [0.3, 0.4) is 0 Å². The van der Waals surface area contributed by atoms with Crippen molar-refractivity contribution < 1.29 is 14.7 Å². The summed E-state index contributed by atoms with van der Waals surface area (Å²) in [5, 5.41) is 9.98. The molecular formula is C21H25N3O3. The number of anilines is 2. The molecule has 0 saturated carbocycles. The number of nitrogens with two attached hydrogens (primary N) is 1. The predicted octanol–water partition coefficient (Wildman–Crippen LogP) is 2.86. The van der Waals surface area contributed by atoms with Gasteiger partial charge in [0.15, 0.2) is 0 Å². The lowest BCUT2D eigenvalue weighted by atomic mass is 9.83. The average Bonchev–Trinajstić information content (AvgIpc) is 2.60. The van der Waals surface area contributed by atoms with Crippen molar-refractivity contribution in [3.63, 3.8) is 0 Å². The summed E-state index contributed by atoms with van der Waals surface area (Å²) in [4.78, 5) is 28.4. The fourth-order valence-corrected chi connectivity index (χ4v) is 3.75. The van der Waals surface area contributed by atoms with E-state index in [1.54, 1.807) is 23.1 Å². The summed E-state index contributed by atoms with van der Waals surface area (Å²) in [7, 11) is 3.89. The molecule has 3 rings (SSSR count). The van der Waals surface area contributed by atoms with Crippen LogP contribution in [0, 0.1) is 0 Å². The Kier molecular flexibility index (Phi) is 5.08. The highest BCUT2D eigenvalue weighted by Crippen LogP contribution is 2.42. The summed E-state index contributed by atoms with van der Waals surface area (Å²) < 4.78 is 0. The van der Waals surface area contributed by atoms with Crippen LogP contribution in [-0.4, -0.2) is 37.1 Å². The average molecular weight is 367 g/mol. The molecule has 2 amide bonds. The summed E-state index contributed by atoms with van der Waals surface area (Å²) in [6.07, 6.45) is 0.865. The first-order valence-electron chi connectivity index (χ1n) is 9.00. The Bertz CT molecular complexity index is 861. The third-order valence-corrected chi connectivity index (χ3v) is 5.08. The van der Waals surface area contributed by atoms with Crippen LogP contribution in [0.15, 0.2) is 42.5 Å². The van der Waals surface area contributed by atoms with Crippen LogP contribution in [0.5, 0.6) is 5.75 Å². The third-order valence-electron chi connectivity index (χ3n) is 5.08. The molecule has 3 N–H and O–H groups in total. The molecule has 2 aromatic carbocycles. The maximum atomic E-state index is 13.2. The second-order valence-corrected chi connectivity index (χ2v) is 7.31. The van der Waals surface area contributed by atoms with Gasteiger partial charge in [0.2, 0.25) is 5.91 Å². The lowest BCUT2D eigenvalue weighted by molar-refractivity contribution is -0.118. The molecule has 0 aliphatic carbocycles. The number of aromatic hydroxyl groups is 1. The fourth-order valence-electron chi connectivity index (χ4n) is 3.75. The van der Waals surface area contributed by atoms with Crippen molar-refractivity contribution in [3.8, 4) is 5.75 Å². The van der Waals surface area contributed by atoms with Gasteiger partial charge in [-0.1, -0.05) is 6.07 Å². The van der Waals surface area contributed by atoms with Crippen molar-refractivity contribution in [3.05, 3.63) is 53.6 Å². The van der Waals surface area contributed by atoms with E-state index in [4.69, 9.17) is 5.73 Å². The normalized spacial score (nSPS) is 18.7. The second kappa shape index (κ2) is 7.31. The number of primary amides is 1. The zero-order valence-corrected chi connectivity index (χ0v) is 15.8. The van der Waals surface area contributed by atoms with E-state index < -0.39 is 0 Å². The summed E-state index contributed by atoms with van der Waals surface area (Å²) in [5.74, 6) is -0.475. The summed E-state index contributed by atoms with van der Waals surface area (Å²) in [6.45, 7) is 1.95. The first-order valence-corrected chi connectivity index (χ1v) is 9.00. The zero-order chi connectivity index (χ0) is 19.7. The molecule has 0 saturated heterocycles. The number of phenolic OH excluding ortho intramolecular Hbond substituents is 1. The van der Waals surface area contributed by atoms with Crippen molar-refractivity contribution in [2.45, 2.75) is 31.7 Å². The Balaban J connectivity index is 2.00. The van der Waals surface area contributed by atoms with Gasteiger partial charge in [-0.3, -0.25) is 9.59 Å². The Morgan fingerprint density at radius 2 is 1.85 bits per heavy atom. The number of hydrogen-bond donors (Lipinski definition) is 2. The van der Waals surface area contributed by atoms with Crippen molar-refractivity contribution in [1.82, 2.24) is 0 Å². The van der Waals surface area contributed by atoms with E-state index in [9.17, 15) is 14.7 Å². The number of fused-ring (bicyclic) bond motifs is 1. The molecule has 0 fully saturated rings. The van der Waals surface area contributed by atoms with E-state index in [1.165, 1.54) is 0 Å². The van der Waals surface area contributed by atoms with Gasteiger partial charge in [0.05, 0.1) is 5.69 Å². The van der Waals surface area contributed by atoms with Crippen LogP contribution < -0.4 is 15.5 Å². The van der Waals surface area contributed by atoms with E-state index in [0.717, 1.165) is 11.3 Å². The van der Waals surface area contributed by atoms with Gasteiger partial charge in [0.1, 0.15) is 5.75 Å². The number of nitrogens with zero attached hydrogens (tertiary/aromatic N) is 2. The highest BCUT2D eigenvalue weighted by Gasteiger charge is 2.35. The van der Waals surface area contributed by atoms with Gasteiger partial charge in [0.25, 0.3) is 5.91 Å². The van der Waals surface area contributed by atoms with Gasteiger partial charge < -0.3 is 20.6 Å². The van der Waals surface area contributed by atoms with Gasteiger partial charge >= 0.3 is 0 Å². The fraction of sp³-hybridized carbons (Fsp3) is 0.333. The minimum atomic E-state index is -0.370. The minimum absolute atomic E-state index is 0.0618. The van der Waals surface area contributed by atoms with Gasteiger partial charge in [0, 0.05) is 43.9 Å². The van der Waals surface area contributed by atoms with Crippen molar-refractivity contribution in [1.29, 1.82) is 0 Å². The number of carbonyl (C=O) groups excluding carboxylic acids is 2. The number of phenols is 1. The van der Waals surface area contributed by atoms with E-state index in [-0.39, 0.29) is 35.9 Å². The van der Waals surface area contributed by atoms with Crippen molar-refractivity contribution in [2.75, 3.05) is 23.9 Å². The molecule has 0 aromatic heterocycles. The number of carbonyl (C=O) groups is 2. The Hall–Kier alpha value is -3.02. The largest absolute Gasteiger partial charge is 0.508 e. The lowest BCUT2D eigenvalue weighted by Crippen LogP contribution is -2.43. The first-order chi connectivity index (χ1) is 12.8. The molecule has 2 atom stereocenters. The minimum Gasteiger partial charge on any atom is -0.508 e. The maximum Gasteiger partial charge on any atom is 0.258 e. The van der Waals surface area contributed by atoms with E-state index >= 15 is 0 Å². The van der Waals surface area contributed by atoms with Gasteiger partial charge in [-0.05, 0) is 55.2 Å². The molecule has 1 aliphatic heterocycles. The SMILES string of the molecule is CC1CC(CC(N)=O)c2ccc(O)cc2N1C(=O)c1ccc(N(C)C)cc1. The Labute approximate surface area is 159 Å². The molecular weight excluding hydrogens is 342 g/mol. The standard InChI is InChI=1S/C21H25N3O3/c1-13-10-15(11-20(22)26)18-9-8-17(25)12-19(18)24(13)21(27)14-4-6-16(7-5-14)23(2)3/h4-9,12-13,15,25H,10-11H2,1-3H3,(H2,22,26). The van der Waals surface area contributed by atoms with Gasteiger partial charge in [-0.2, -0.15) is 0 Å². The van der Waals surface area contributed by atoms with E-state index in [0.29, 0.717) is 17.7 Å². The third kappa shape index (κ3) is 3.74. The molecule has 1 heterocycles. The monoisotopic (exact) mass is 367 g/mol. The molecule has 6 nitrogen and oxygen atoms in total. The second-order valence-electron chi connectivity index (χ2n) is 7.31. The highest BCUT2D eigenvalue weighted by atomic mass is 16.3. The molecule has 2 unspecified atom stereocenters. The van der Waals surface area contributed by atoms with Gasteiger partial charge in [-0.15, -0.1) is 0 Å². The Morgan fingerprint density at radius 3 is 2.44 bits per heavy atom. The number of rotatable bonds is 4. The number of amides is 2. The predicted molar refractivity (Wildman–Crippen MR) is 106 cm³/mol. The topological polar surface area (TPSA) is 86.9 Å². The molecule has 0 radical (unpaired) electrons. The van der Waals surface area contributed by atoms with Crippen LogP contribution in [0.2, 0.25) is 0 Å². The number of benzene rings is 2. The summed E-state index contributed by atoms with van der Waals surface area (Å²) in [6, 6.07) is 12.2. The highest BCUT2D eigenvalue weighted by molar-refractivity contribution is 6.07. The summed E-state index contributed by atoms with van der Waals surface area (Å²) >= 11 is 0. The smallest absolute Gasteiger partial charge is 0.258 e. The molecule has 27 heavy (non-hydrogen) atoms. The molecule has 2 aromatic rings. The van der Waals surface area contributed by atoms with Crippen LogP contribution in [0.1, 0.15) is 41.6 Å². The zero-order valence-electron chi connectivity index (χ0n) is 15.8. The molecule has 1 aliphatic rings. The van der Waals surface area contributed by atoms with Crippen LogP contribution in [0.25, 0.3) is 0 Å². The van der Waals surface area contributed by atoms with Crippen LogP contribution in [-0.2, 0) is 4.79 Å². The molecule has 6 heteroatoms. The van der Waals surface area contributed by atoms with Crippen LogP contribution in [0.4, 0.5) is 11.4 Å². The van der Waals surface area contributed by atoms with Crippen LogP contribution >= 0.6 is 0 Å². The van der Waals surface area contributed by atoms with E-state index in [2.05, 4.69) is 0 Å². The number of hydrogen-bond acceptors (Lipinski definition) is 4. The van der Waals surface area contributed by atoms with E-state index in [1.807, 2.05) is 50.2 Å². The van der Waals surface area contributed by atoms with Gasteiger partial charge in [-0.25, -0.2) is 0 Å². The summed E-state index contributed by atoms with van der Waals surface area (Å²) in [5.41, 5.74) is 8.50. The molecule has 0 bridgehead atoms. The lowest BCUT2D eigenvalue weighted by Gasteiger charge is -2.39. The first kappa shape index (κ1) is 18.8. The Morgan fingerprint density at radius 1 is 1.19 bits per heavy atom. The maximum absolute atomic E-state index is 13.2. The molecule has 142 valence electrons. The van der Waals surface area contributed by atoms with Crippen molar-refractivity contribution >= 4 is 23.2 Å².